The third-order valence-corrected chi connectivity index (χ3v) is 2.00. The molecule has 1 amide bonds. The standard InChI is InChI=1S/C11H19NO3/c1-2-3-4-5-6-7-8-10(13)12-9-11(14)15/h2H,1,3-9H2,(H,12,13)(H,14,15). The third kappa shape index (κ3) is 10.6. The molecule has 0 rings (SSSR count). The molecule has 0 unspecified atom stereocenters. The summed E-state index contributed by atoms with van der Waals surface area (Å²) in [5.41, 5.74) is 0. The first-order chi connectivity index (χ1) is 7.16. The summed E-state index contributed by atoms with van der Waals surface area (Å²) in [5.74, 6) is -1.18. The van der Waals surface area contributed by atoms with Crippen LogP contribution in [-0.2, 0) is 9.59 Å². The molecule has 86 valence electrons. The van der Waals surface area contributed by atoms with Crippen molar-refractivity contribution < 1.29 is 14.7 Å². The second-order valence-corrected chi connectivity index (χ2v) is 3.41. The highest BCUT2D eigenvalue weighted by Crippen LogP contribution is 2.05. The van der Waals surface area contributed by atoms with Gasteiger partial charge in [-0.05, 0) is 19.3 Å². The summed E-state index contributed by atoms with van der Waals surface area (Å²) < 4.78 is 0. The van der Waals surface area contributed by atoms with Crippen LogP contribution in [-0.4, -0.2) is 23.5 Å². The normalized spacial score (nSPS) is 9.60. The van der Waals surface area contributed by atoms with Crippen molar-refractivity contribution in [1.82, 2.24) is 5.32 Å². The van der Waals surface area contributed by atoms with Gasteiger partial charge in [0.25, 0.3) is 0 Å². The maximum atomic E-state index is 11.0. The molecule has 2 N–H and O–H groups in total. The van der Waals surface area contributed by atoms with Crippen LogP contribution in [0.3, 0.4) is 0 Å². The van der Waals surface area contributed by atoms with Crippen LogP contribution in [0.2, 0.25) is 0 Å². The van der Waals surface area contributed by atoms with Gasteiger partial charge in [0, 0.05) is 6.42 Å². The van der Waals surface area contributed by atoms with E-state index in [9.17, 15) is 9.59 Å². The monoisotopic (exact) mass is 213 g/mol. The number of aliphatic carboxylic acids is 1. The number of unbranched alkanes of at least 4 members (excludes halogenated alkanes) is 4. The highest BCUT2D eigenvalue weighted by molar-refractivity contribution is 5.80. The lowest BCUT2D eigenvalue weighted by atomic mass is 10.1. The summed E-state index contributed by atoms with van der Waals surface area (Å²) >= 11 is 0. The Morgan fingerprint density at radius 2 is 1.87 bits per heavy atom. The van der Waals surface area contributed by atoms with Crippen LogP contribution in [0.15, 0.2) is 12.7 Å². The van der Waals surface area contributed by atoms with E-state index in [4.69, 9.17) is 5.11 Å². The number of allylic oxidation sites excluding steroid dienone is 1. The second kappa shape index (κ2) is 9.24. The number of hydrogen-bond acceptors (Lipinski definition) is 2. The molecular formula is C11H19NO3. The Balaban J connectivity index is 3.23. The Morgan fingerprint density at radius 3 is 2.47 bits per heavy atom. The van der Waals surface area contributed by atoms with E-state index in [2.05, 4.69) is 11.9 Å². The van der Waals surface area contributed by atoms with E-state index >= 15 is 0 Å². The van der Waals surface area contributed by atoms with Gasteiger partial charge in [0.1, 0.15) is 6.54 Å². The molecule has 0 atom stereocenters. The molecule has 0 aromatic carbocycles. The first-order valence-electron chi connectivity index (χ1n) is 5.26. The number of carbonyl (C=O) groups is 2. The Kier molecular flexibility index (Phi) is 8.43. The maximum absolute atomic E-state index is 11.0. The van der Waals surface area contributed by atoms with Gasteiger partial charge in [-0.3, -0.25) is 9.59 Å². The van der Waals surface area contributed by atoms with Crippen LogP contribution in [0.5, 0.6) is 0 Å². The van der Waals surface area contributed by atoms with E-state index in [0.29, 0.717) is 6.42 Å². The van der Waals surface area contributed by atoms with Crippen molar-refractivity contribution >= 4 is 11.9 Å². The first kappa shape index (κ1) is 13.7. The summed E-state index contributed by atoms with van der Waals surface area (Å²) in [5, 5.41) is 10.6. The molecule has 0 bridgehead atoms. The van der Waals surface area contributed by atoms with Crippen LogP contribution >= 0.6 is 0 Å². The molecule has 0 radical (unpaired) electrons. The third-order valence-electron chi connectivity index (χ3n) is 2.00. The van der Waals surface area contributed by atoms with Crippen LogP contribution in [0, 0.1) is 0 Å². The largest absolute Gasteiger partial charge is 0.480 e. The van der Waals surface area contributed by atoms with Gasteiger partial charge in [-0.15, -0.1) is 6.58 Å². The van der Waals surface area contributed by atoms with Gasteiger partial charge in [-0.1, -0.05) is 18.9 Å². The number of amides is 1. The second-order valence-electron chi connectivity index (χ2n) is 3.41. The number of rotatable bonds is 9. The summed E-state index contributed by atoms with van der Waals surface area (Å²) in [6.45, 7) is 3.35. The minimum absolute atomic E-state index is 0.180. The van der Waals surface area contributed by atoms with Crippen molar-refractivity contribution in [2.24, 2.45) is 0 Å². The van der Waals surface area contributed by atoms with E-state index in [1.165, 1.54) is 0 Å². The number of carbonyl (C=O) groups excluding carboxylic acids is 1. The molecule has 0 aromatic rings. The zero-order valence-corrected chi connectivity index (χ0v) is 9.00. The van der Waals surface area contributed by atoms with Crippen molar-refractivity contribution in [3.05, 3.63) is 12.7 Å². The van der Waals surface area contributed by atoms with Crippen molar-refractivity contribution in [3.63, 3.8) is 0 Å². The van der Waals surface area contributed by atoms with Crippen LogP contribution in [0.1, 0.15) is 38.5 Å². The SMILES string of the molecule is C=CCCCCCCC(=O)NCC(=O)O. The molecule has 0 aliphatic carbocycles. The molecule has 15 heavy (non-hydrogen) atoms. The molecular weight excluding hydrogens is 194 g/mol. The van der Waals surface area contributed by atoms with Gasteiger partial charge in [-0.25, -0.2) is 0 Å². The molecule has 4 nitrogen and oxygen atoms in total. The Hall–Kier alpha value is -1.32. The number of nitrogens with one attached hydrogen (secondary N) is 1. The maximum Gasteiger partial charge on any atom is 0.322 e. The summed E-state index contributed by atoms with van der Waals surface area (Å²) in [7, 11) is 0. The fraction of sp³-hybridized carbons (Fsp3) is 0.636. The van der Waals surface area contributed by atoms with Crippen molar-refractivity contribution in [2.75, 3.05) is 6.54 Å². The Bertz CT molecular complexity index is 214. The first-order valence-corrected chi connectivity index (χ1v) is 5.26. The molecule has 0 aliphatic rings. The number of hydrogen-bond donors (Lipinski definition) is 2. The lowest BCUT2D eigenvalue weighted by Gasteiger charge is -2.01. The molecule has 0 heterocycles. The lowest BCUT2D eigenvalue weighted by molar-refractivity contribution is -0.137. The van der Waals surface area contributed by atoms with E-state index in [-0.39, 0.29) is 12.5 Å². The topological polar surface area (TPSA) is 66.4 Å². The van der Waals surface area contributed by atoms with Crippen LogP contribution in [0.4, 0.5) is 0 Å². The summed E-state index contributed by atoms with van der Waals surface area (Å²) in [4.78, 5) is 21.2. The van der Waals surface area contributed by atoms with Gasteiger partial charge in [0.15, 0.2) is 0 Å². The minimum Gasteiger partial charge on any atom is -0.480 e. The molecule has 0 aromatic heterocycles. The van der Waals surface area contributed by atoms with Crippen molar-refractivity contribution in [3.8, 4) is 0 Å². The zero-order chi connectivity index (χ0) is 11.5. The van der Waals surface area contributed by atoms with Gasteiger partial charge in [0.05, 0.1) is 0 Å². The van der Waals surface area contributed by atoms with Gasteiger partial charge in [-0.2, -0.15) is 0 Å². The number of carboxylic acid groups (broad SMARTS) is 1. The fourth-order valence-corrected chi connectivity index (χ4v) is 1.19. The van der Waals surface area contributed by atoms with Gasteiger partial charge < -0.3 is 10.4 Å². The summed E-state index contributed by atoms with van der Waals surface area (Å²) in [6.07, 6.45) is 7.36. The average Bonchev–Trinajstić information content (AvgIpc) is 2.20. The Morgan fingerprint density at radius 1 is 1.20 bits per heavy atom. The molecule has 0 aliphatic heterocycles. The Labute approximate surface area is 90.4 Å². The fourth-order valence-electron chi connectivity index (χ4n) is 1.19. The zero-order valence-electron chi connectivity index (χ0n) is 9.00. The van der Waals surface area contributed by atoms with Crippen molar-refractivity contribution in [1.29, 1.82) is 0 Å². The van der Waals surface area contributed by atoms with E-state index < -0.39 is 5.97 Å². The predicted octanol–water partition coefficient (Wildman–Crippen LogP) is 1.71. The van der Waals surface area contributed by atoms with E-state index in [0.717, 1.165) is 32.1 Å². The highest BCUT2D eigenvalue weighted by atomic mass is 16.4. The molecule has 0 spiro atoms. The molecule has 0 saturated heterocycles. The van der Waals surface area contributed by atoms with Gasteiger partial charge in [0.2, 0.25) is 5.91 Å². The number of carboxylic acids is 1. The quantitative estimate of drug-likeness (QED) is 0.452. The van der Waals surface area contributed by atoms with Crippen molar-refractivity contribution in [2.45, 2.75) is 38.5 Å². The van der Waals surface area contributed by atoms with Crippen LogP contribution < -0.4 is 5.32 Å². The van der Waals surface area contributed by atoms with E-state index in [1.807, 2.05) is 6.08 Å². The average molecular weight is 213 g/mol. The lowest BCUT2D eigenvalue weighted by Crippen LogP contribution is -2.28. The molecule has 4 heteroatoms. The minimum atomic E-state index is -1.01. The molecule has 0 fully saturated rings. The summed E-state index contributed by atoms with van der Waals surface area (Å²) in [6, 6.07) is 0. The van der Waals surface area contributed by atoms with Gasteiger partial charge >= 0.3 is 5.97 Å². The van der Waals surface area contributed by atoms with Crippen LogP contribution in [0.25, 0.3) is 0 Å². The van der Waals surface area contributed by atoms with E-state index in [1.54, 1.807) is 0 Å². The highest BCUT2D eigenvalue weighted by Gasteiger charge is 2.02. The predicted molar refractivity (Wildman–Crippen MR) is 58.5 cm³/mol. The molecule has 0 saturated carbocycles. The smallest absolute Gasteiger partial charge is 0.322 e.